The molecule has 2 atom stereocenters. The number of hydrogen-bond donors (Lipinski definition) is 1. The van der Waals surface area contributed by atoms with E-state index < -0.39 is 34.8 Å². The van der Waals surface area contributed by atoms with Crippen LogP contribution in [0.4, 0.5) is 13.2 Å². The minimum absolute atomic E-state index is 0.302. The lowest BCUT2D eigenvalue weighted by molar-refractivity contribution is -0.145. The number of carboxylic acid groups (broad SMARTS) is 1. The molecule has 0 bridgehead atoms. The van der Waals surface area contributed by atoms with Gasteiger partial charge in [0.05, 0.1) is 23.7 Å². The largest absolute Gasteiger partial charge is 0.496 e. The summed E-state index contributed by atoms with van der Waals surface area (Å²) in [5, 5.41) is 9.37. The van der Waals surface area contributed by atoms with Crippen LogP contribution in [0.25, 0.3) is 0 Å². The quantitative estimate of drug-likeness (QED) is 0.528. The van der Waals surface area contributed by atoms with E-state index in [9.17, 15) is 23.1 Å². The number of methoxy groups -OCH3 is 1. The summed E-state index contributed by atoms with van der Waals surface area (Å²) in [6.45, 7) is 0.432. The number of alkyl halides is 3. The molecule has 0 spiro atoms. The van der Waals surface area contributed by atoms with Crippen LogP contribution in [0.2, 0.25) is 5.02 Å². The normalized spacial score (nSPS) is 18.8. The third kappa shape index (κ3) is 4.76. The maximum absolute atomic E-state index is 13.5. The van der Waals surface area contributed by atoms with Gasteiger partial charge in [-0.05, 0) is 55.3 Å². The summed E-state index contributed by atoms with van der Waals surface area (Å²) in [6, 6.07) is 7.35. The molecule has 3 rings (SSSR count). The standard InChI is InChI=1S/C21H20BrClF3NO3/c1-30-18-8-6-13(22)11-14(18)19(27-9-3-2-4-17(27)20(28)29)12-5-7-16(23)15(10-12)21(24,25)26/h5-8,10-11,17,19H,2-4,9H2,1H3,(H,28,29). The number of nitrogens with zero attached hydrogens (tertiary/aromatic N) is 1. The van der Waals surface area contributed by atoms with Gasteiger partial charge in [0, 0.05) is 10.0 Å². The monoisotopic (exact) mass is 505 g/mol. The Morgan fingerprint density at radius 3 is 2.63 bits per heavy atom. The van der Waals surface area contributed by atoms with Gasteiger partial charge in [-0.1, -0.05) is 40.0 Å². The van der Waals surface area contributed by atoms with E-state index in [1.807, 2.05) is 0 Å². The van der Waals surface area contributed by atoms with E-state index in [4.69, 9.17) is 16.3 Å². The van der Waals surface area contributed by atoms with Gasteiger partial charge < -0.3 is 9.84 Å². The van der Waals surface area contributed by atoms with E-state index >= 15 is 0 Å². The van der Waals surface area contributed by atoms with Gasteiger partial charge in [-0.25, -0.2) is 0 Å². The van der Waals surface area contributed by atoms with Crippen molar-refractivity contribution < 1.29 is 27.8 Å². The van der Waals surface area contributed by atoms with Crippen LogP contribution >= 0.6 is 27.5 Å². The van der Waals surface area contributed by atoms with Gasteiger partial charge in [-0.2, -0.15) is 13.2 Å². The molecule has 4 nitrogen and oxygen atoms in total. The summed E-state index contributed by atoms with van der Waals surface area (Å²) in [4.78, 5) is 13.7. The minimum Gasteiger partial charge on any atom is -0.496 e. The smallest absolute Gasteiger partial charge is 0.417 e. The van der Waals surface area contributed by atoms with E-state index in [1.165, 1.54) is 19.2 Å². The average Bonchev–Trinajstić information content (AvgIpc) is 2.69. The molecule has 1 N–H and O–H groups in total. The second-order valence-electron chi connectivity index (χ2n) is 7.11. The minimum atomic E-state index is -4.63. The van der Waals surface area contributed by atoms with Crippen LogP contribution in [-0.4, -0.2) is 35.7 Å². The number of benzene rings is 2. The van der Waals surface area contributed by atoms with Crippen molar-refractivity contribution in [2.24, 2.45) is 0 Å². The number of halogens is 5. The number of rotatable bonds is 5. The van der Waals surface area contributed by atoms with Crippen molar-refractivity contribution in [3.05, 3.63) is 62.6 Å². The number of hydrogen-bond acceptors (Lipinski definition) is 3. The fourth-order valence-electron chi connectivity index (χ4n) is 3.93. The molecule has 1 heterocycles. The molecule has 1 aliphatic rings. The van der Waals surface area contributed by atoms with E-state index in [2.05, 4.69) is 15.9 Å². The van der Waals surface area contributed by atoms with E-state index in [0.29, 0.717) is 34.3 Å². The summed E-state index contributed by atoms with van der Waals surface area (Å²) < 4.78 is 46.8. The van der Waals surface area contributed by atoms with Crippen LogP contribution in [0.15, 0.2) is 40.9 Å². The van der Waals surface area contributed by atoms with Crippen LogP contribution in [-0.2, 0) is 11.0 Å². The lowest BCUT2D eigenvalue weighted by Crippen LogP contribution is -2.47. The van der Waals surface area contributed by atoms with E-state index in [1.54, 1.807) is 23.1 Å². The van der Waals surface area contributed by atoms with Gasteiger partial charge in [0.1, 0.15) is 11.8 Å². The first-order chi connectivity index (χ1) is 14.1. The summed E-state index contributed by atoms with van der Waals surface area (Å²) in [5.74, 6) is -0.542. The van der Waals surface area contributed by atoms with Crippen molar-refractivity contribution in [2.75, 3.05) is 13.7 Å². The third-order valence-electron chi connectivity index (χ3n) is 5.26. The highest BCUT2D eigenvalue weighted by molar-refractivity contribution is 9.10. The van der Waals surface area contributed by atoms with Crippen molar-refractivity contribution in [1.82, 2.24) is 4.90 Å². The van der Waals surface area contributed by atoms with Crippen molar-refractivity contribution in [2.45, 2.75) is 37.5 Å². The van der Waals surface area contributed by atoms with Crippen LogP contribution < -0.4 is 4.74 Å². The average molecular weight is 507 g/mol. The molecule has 0 aliphatic carbocycles. The lowest BCUT2D eigenvalue weighted by atomic mass is 9.90. The molecule has 9 heteroatoms. The van der Waals surface area contributed by atoms with Crippen LogP contribution in [0, 0.1) is 0 Å². The molecular weight excluding hydrogens is 487 g/mol. The van der Waals surface area contributed by atoms with Gasteiger partial charge in [-0.15, -0.1) is 0 Å². The third-order valence-corrected chi connectivity index (χ3v) is 6.08. The molecule has 1 aliphatic heterocycles. The summed E-state index contributed by atoms with van der Waals surface area (Å²) >= 11 is 9.22. The second kappa shape index (κ2) is 9.16. The van der Waals surface area contributed by atoms with Crippen molar-refractivity contribution >= 4 is 33.5 Å². The fraction of sp³-hybridized carbons (Fsp3) is 0.381. The predicted molar refractivity (Wildman–Crippen MR) is 111 cm³/mol. The summed E-state index contributed by atoms with van der Waals surface area (Å²) in [7, 11) is 1.47. The molecular formula is C21H20BrClF3NO3. The highest BCUT2D eigenvalue weighted by Crippen LogP contribution is 2.42. The zero-order valence-electron chi connectivity index (χ0n) is 16.0. The van der Waals surface area contributed by atoms with Crippen molar-refractivity contribution in [3.63, 3.8) is 0 Å². The van der Waals surface area contributed by atoms with Crippen LogP contribution in [0.3, 0.4) is 0 Å². The number of ether oxygens (including phenoxy) is 1. The molecule has 2 aromatic rings. The topological polar surface area (TPSA) is 49.8 Å². The maximum Gasteiger partial charge on any atom is 0.417 e. The second-order valence-corrected chi connectivity index (χ2v) is 8.44. The number of aliphatic carboxylic acids is 1. The van der Waals surface area contributed by atoms with Gasteiger partial charge in [0.15, 0.2) is 0 Å². The van der Waals surface area contributed by atoms with E-state index in [-0.39, 0.29) is 0 Å². The molecule has 162 valence electrons. The maximum atomic E-state index is 13.5. The zero-order valence-corrected chi connectivity index (χ0v) is 18.4. The van der Waals surface area contributed by atoms with Crippen molar-refractivity contribution in [1.29, 1.82) is 0 Å². The van der Waals surface area contributed by atoms with Crippen molar-refractivity contribution in [3.8, 4) is 5.75 Å². The Morgan fingerprint density at radius 2 is 2.00 bits per heavy atom. The number of carboxylic acids is 1. The lowest BCUT2D eigenvalue weighted by Gasteiger charge is -2.40. The van der Waals surface area contributed by atoms with Gasteiger partial charge in [0.25, 0.3) is 0 Å². The van der Waals surface area contributed by atoms with E-state index in [0.717, 1.165) is 18.9 Å². The first-order valence-electron chi connectivity index (χ1n) is 9.32. The fourth-order valence-corrected chi connectivity index (χ4v) is 4.53. The molecule has 0 saturated carbocycles. The van der Waals surface area contributed by atoms with Gasteiger partial charge >= 0.3 is 12.1 Å². The number of likely N-dealkylation sites (tertiary alicyclic amines) is 1. The summed E-state index contributed by atoms with van der Waals surface area (Å²) in [5.41, 5.74) is -0.0729. The highest BCUT2D eigenvalue weighted by atomic mass is 79.9. The highest BCUT2D eigenvalue weighted by Gasteiger charge is 2.39. The van der Waals surface area contributed by atoms with Crippen LogP contribution in [0.1, 0.15) is 42.0 Å². The molecule has 2 unspecified atom stereocenters. The molecule has 30 heavy (non-hydrogen) atoms. The summed E-state index contributed by atoms with van der Waals surface area (Å²) in [6.07, 6.45) is -2.73. The molecule has 2 aromatic carbocycles. The van der Waals surface area contributed by atoms with Gasteiger partial charge in [0.2, 0.25) is 0 Å². The predicted octanol–water partition coefficient (Wildman–Crippen LogP) is 6.16. The first kappa shape index (κ1) is 22.9. The Labute approximate surface area is 185 Å². The Morgan fingerprint density at radius 1 is 1.27 bits per heavy atom. The zero-order chi connectivity index (χ0) is 22.1. The first-order valence-corrected chi connectivity index (χ1v) is 10.5. The Hall–Kier alpha value is -1.77. The Bertz CT molecular complexity index is 938. The molecule has 1 saturated heterocycles. The Balaban J connectivity index is 2.23. The number of piperidine rings is 1. The SMILES string of the molecule is COc1ccc(Br)cc1C(c1ccc(Cl)c(C(F)(F)F)c1)N1CCCCC1C(=O)O. The molecule has 0 aromatic heterocycles. The molecule has 1 fully saturated rings. The van der Waals surface area contributed by atoms with Gasteiger partial charge in [-0.3, -0.25) is 9.69 Å². The number of carbonyl (C=O) groups is 1. The Kier molecular flexibility index (Phi) is 6.99. The molecule has 0 amide bonds. The van der Waals surface area contributed by atoms with Crippen LogP contribution in [0.5, 0.6) is 5.75 Å². The molecule has 0 radical (unpaired) electrons.